The van der Waals surface area contributed by atoms with Gasteiger partial charge in [0.15, 0.2) is 0 Å². The summed E-state index contributed by atoms with van der Waals surface area (Å²) in [6.07, 6.45) is 1.68. The van der Waals surface area contributed by atoms with Crippen molar-refractivity contribution in [2.45, 2.75) is 6.92 Å². The van der Waals surface area contributed by atoms with Crippen molar-refractivity contribution in [3.05, 3.63) is 70.9 Å². The molecule has 6 nitrogen and oxygen atoms in total. The molecule has 28 heavy (non-hydrogen) atoms. The van der Waals surface area contributed by atoms with Gasteiger partial charge in [0.05, 0.1) is 32.5 Å². The maximum atomic E-state index is 13.2. The smallest absolute Gasteiger partial charge is 0.340 e. The van der Waals surface area contributed by atoms with Crippen molar-refractivity contribution in [2.75, 3.05) is 26.2 Å². The highest BCUT2D eigenvalue weighted by atomic mass is 16.5. The molecule has 0 unspecified atom stereocenters. The molecule has 144 valence electrons. The van der Waals surface area contributed by atoms with Crippen LogP contribution in [-0.4, -0.2) is 33.2 Å². The van der Waals surface area contributed by atoms with Gasteiger partial charge in [0, 0.05) is 11.4 Å². The quantitative estimate of drug-likeness (QED) is 0.587. The Morgan fingerprint density at radius 3 is 1.93 bits per heavy atom. The summed E-state index contributed by atoms with van der Waals surface area (Å²) < 4.78 is 15.2. The number of carbonyl (C=O) groups excluding carboxylic acids is 2. The second-order valence-electron chi connectivity index (χ2n) is 6.12. The zero-order chi connectivity index (χ0) is 20.3. The van der Waals surface area contributed by atoms with Crippen LogP contribution in [0.15, 0.2) is 65.4 Å². The predicted octanol–water partition coefficient (Wildman–Crippen LogP) is 3.58. The minimum atomic E-state index is -0.554. The number of methoxy groups -OCH3 is 3. The molecule has 0 atom stereocenters. The lowest BCUT2D eigenvalue weighted by Gasteiger charge is -2.18. The number of ether oxygens (including phenoxy) is 3. The molecule has 0 saturated heterocycles. The van der Waals surface area contributed by atoms with Crippen LogP contribution >= 0.6 is 0 Å². The Hall–Kier alpha value is -3.54. The predicted molar refractivity (Wildman–Crippen MR) is 106 cm³/mol. The normalized spacial score (nSPS) is 15.2. The van der Waals surface area contributed by atoms with Gasteiger partial charge >= 0.3 is 5.97 Å². The molecule has 1 aliphatic rings. The van der Waals surface area contributed by atoms with E-state index in [0.717, 1.165) is 5.56 Å². The number of hydrogen-bond acceptors (Lipinski definition) is 5. The van der Waals surface area contributed by atoms with Crippen molar-refractivity contribution >= 4 is 23.6 Å². The Morgan fingerprint density at radius 2 is 1.43 bits per heavy atom. The summed E-state index contributed by atoms with van der Waals surface area (Å²) in [5, 5.41) is 0. The van der Waals surface area contributed by atoms with Crippen molar-refractivity contribution in [3.63, 3.8) is 0 Å². The fourth-order valence-corrected chi connectivity index (χ4v) is 3.09. The third-order valence-electron chi connectivity index (χ3n) is 4.55. The van der Waals surface area contributed by atoms with E-state index in [2.05, 4.69) is 0 Å². The van der Waals surface area contributed by atoms with E-state index in [4.69, 9.17) is 14.2 Å². The summed E-state index contributed by atoms with van der Waals surface area (Å²) in [5.74, 6) is 0.541. The highest BCUT2D eigenvalue weighted by Gasteiger charge is 2.37. The third-order valence-corrected chi connectivity index (χ3v) is 4.55. The van der Waals surface area contributed by atoms with Gasteiger partial charge in [0.2, 0.25) is 0 Å². The van der Waals surface area contributed by atoms with Crippen LogP contribution in [0.4, 0.5) is 5.69 Å². The van der Waals surface area contributed by atoms with Gasteiger partial charge in [0.25, 0.3) is 5.91 Å². The number of hydrogen-bond donors (Lipinski definition) is 0. The summed E-state index contributed by atoms with van der Waals surface area (Å²) in [6.45, 7) is 1.73. The van der Waals surface area contributed by atoms with Crippen molar-refractivity contribution in [2.24, 2.45) is 0 Å². The Bertz CT molecular complexity index is 955. The van der Waals surface area contributed by atoms with Crippen LogP contribution in [0.2, 0.25) is 0 Å². The molecule has 0 fully saturated rings. The van der Waals surface area contributed by atoms with Crippen LogP contribution in [0.3, 0.4) is 0 Å². The van der Waals surface area contributed by atoms with Crippen molar-refractivity contribution in [1.29, 1.82) is 0 Å². The molecule has 6 heteroatoms. The summed E-state index contributed by atoms with van der Waals surface area (Å²) in [4.78, 5) is 27.1. The number of allylic oxidation sites excluding steroid dienone is 1. The van der Waals surface area contributed by atoms with Gasteiger partial charge < -0.3 is 14.2 Å². The van der Waals surface area contributed by atoms with Gasteiger partial charge in [-0.25, -0.2) is 4.79 Å². The number of rotatable bonds is 5. The van der Waals surface area contributed by atoms with Crippen molar-refractivity contribution < 1.29 is 23.8 Å². The van der Waals surface area contributed by atoms with Gasteiger partial charge in [0.1, 0.15) is 11.5 Å². The molecule has 2 aromatic rings. The lowest BCUT2D eigenvalue weighted by molar-refractivity contribution is -0.136. The lowest BCUT2D eigenvalue weighted by atomic mass is 10.0. The molecule has 1 amide bonds. The number of benzene rings is 2. The molecule has 0 radical (unpaired) electrons. The summed E-state index contributed by atoms with van der Waals surface area (Å²) in [6, 6.07) is 14.3. The van der Waals surface area contributed by atoms with Crippen LogP contribution in [0, 0.1) is 0 Å². The molecule has 0 spiro atoms. The minimum Gasteiger partial charge on any atom is -0.497 e. The summed E-state index contributed by atoms with van der Waals surface area (Å²) in [5.41, 5.74) is 2.46. The number of esters is 1. The molecule has 1 heterocycles. The number of carbonyl (C=O) groups is 2. The van der Waals surface area contributed by atoms with E-state index in [-0.39, 0.29) is 17.1 Å². The average molecular weight is 379 g/mol. The van der Waals surface area contributed by atoms with Gasteiger partial charge in [-0.2, -0.15) is 0 Å². The molecule has 0 saturated carbocycles. The number of nitrogens with zero attached hydrogens (tertiary/aromatic N) is 1. The van der Waals surface area contributed by atoms with Crippen molar-refractivity contribution in [3.8, 4) is 11.5 Å². The van der Waals surface area contributed by atoms with Crippen LogP contribution in [0.5, 0.6) is 11.5 Å². The Labute approximate surface area is 163 Å². The number of amides is 1. The second kappa shape index (κ2) is 8.00. The molecular weight excluding hydrogens is 358 g/mol. The minimum absolute atomic E-state index is 0.249. The van der Waals surface area contributed by atoms with E-state index >= 15 is 0 Å². The Morgan fingerprint density at radius 1 is 0.893 bits per heavy atom. The van der Waals surface area contributed by atoms with Crippen LogP contribution < -0.4 is 14.4 Å². The molecule has 0 N–H and O–H groups in total. The summed E-state index contributed by atoms with van der Waals surface area (Å²) in [7, 11) is 4.46. The molecule has 1 aliphatic heterocycles. The molecular formula is C22H21NO5. The van der Waals surface area contributed by atoms with Crippen molar-refractivity contribution in [1.82, 2.24) is 0 Å². The first-order chi connectivity index (χ1) is 13.5. The van der Waals surface area contributed by atoms with E-state index in [9.17, 15) is 9.59 Å². The fraction of sp³-hybridized carbons (Fsp3) is 0.182. The molecule has 0 bridgehead atoms. The van der Waals surface area contributed by atoms with E-state index in [0.29, 0.717) is 22.9 Å². The van der Waals surface area contributed by atoms with Gasteiger partial charge in [-0.05, 0) is 55.0 Å². The van der Waals surface area contributed by atoms with Crippen LogP contribution in [0.1, 0.15) is 12.5 Å². The van der Waals surface area contributed by atoms with E-state index in [1.165, 1.54) is 12.0 Å². The molecule has 0 aliphatic carbocycles. The monoisotopic (exact) mass is 379 g/mol. The van der Waals surface area contributed by atoms with Gasteiger partial charge in [-0.1, -0.05) is 12.1 Å². The van der Waals surface area contributed by atoms with E-state index in [1.54, 1.807) is 63.6 Å². The Balaban J connectivity index is 2.07. The average Bonchev–Trinajstić information content (AvgIpc) is 2.97. The molecule has 0 aromatic heterocycles. The topological polar surface area (TPSA) is 65.1 Å². The maximum Gasteiger partial charge on any atom is 0.340 e. The van der Waals surface area contributed by atoms with Gasteiger partial charge in [-0.15, -0.1) is 0 Å². The zero-order valence-electron chi connectivity index (χ0n) is 16.2. The van der Waals surface area contributed by atoms with E-state index < -0.39 is 5.97 Å². The third kappa shape index (κ3) is 3.49. The first kappa shape index (κ1) is 19.2. The highest BCUT2D eigenvalue weighted by Crippen LogP contribution is 2.36. The standard InChI is InChI=1S/C22H21NO5/c1-14-20(22(25)28-4)19(13-15-5-9-17(26-2)10-6-15)21(24)23(14)16-7-11-18(27-3)12-8-16/h5-13H,1-4H3/b19-13+. The summed E-state index contributed by atoms with van der Waals surface area (Å²) >= 11 is 0. The first-order valence-corrected chi connectivity index (χ1v) is 8.64. The van der Waals surface area contributed by atoms with Gasteiger partial charge in [-0.3, -0.25) is 9.69 Å². The highest BCUT2D eigenvalue weighted by molar-refractivity contribution is 6.23. The van der Waals surface area contributed by atoms with Crippen LogP contribution in [0.25, 0.3) is 6.08 Å². The van der Waals surface area contributed by atoms with Crippen LogP contribution in [-0.2, 0) is 14.3 Å². The zero-order valence-corrected chi connectivity index (χ0v) is 16.2. The second-order valence-corrected chi connectivity index (χ2v) is 6.12. The SMILES string of the molecule is COC(=O)C1=C(C)N(c2ccc(OC)cc2)C(=O)/C1=C/c1ccc(OC)cc1. The molecule has 3 rings (SSSR count). The largest absolute Gasteiger partial charge is 0.497 e. The Kier molecular flexibility index (Phi) is 5.49. The number of anilines is 1. The maximum absolute atomic E-state index is 13.2. The van der Waals surface area contributed by atoms with E-state index in [1.807, 2.05) is 12.1 Å². The fourth-order valence-electron chi connectivity index (χ4n) is 3.09. The first-order valence-electron chi connectivity index (χ1n) is 8.64. The lowest BCUT2D eigenvalue weighted by Crippen LogP contribution is -2.24. The molecule has 2 aromatic carbocycles.